The van der Waals surface area contributed by atoms with Crippen LogP contribution in [0.3, 0.4) is 0 Å². The summed E-state index contributed by atoms with van der Waals surface area (Å²) >= 11 is 0. The molecule has 1 fully saturated rings. The highest BCUT2D eigenvalue weighted by atomic mass is 32.2. The van der Waals surface area contributed by atoms with Crippen LogP contribution in [0.5, 0.6) is 0 Å². The van der Waals surface area contributed by atoms with Gasteiger partial charge < -0.3 is 4.74 Å². The first-order chi connectivity index (χ1) is 6.49. The van der Waals surface area contributed by atoms with E-state index in [0.717, 1.165) is 25.9 Å². The van der Waals surface area contributed by atoms with Gasteiger partial charge in [0, 0.05) is 6.61 Å². The van der Waals surface area contributed by atoms with Gasteiger partial charge in [-0.2, -0.15) is 0 Å². The third kappa shape index (κ3) is 4.42. The van der Waals surface area contributed by atoms with Gasteiger partial charge in [-0.05, 0) is 25.2 Å². The Hall–Kier alpha value is -0.0900. The first kappa shape index (κ1) is 12.0. The normalized spacial score (nSPS) is 23.2. The van der Waals surface area contributed by atoms with Crippen molar-refractivity contribution in [2.24, 2.45) is 5.92 Å². The Bertz CT molecular complexity index is 251. The third-order valence-corrected chi connectivity index (χ3v) is 4.21. The Kier molecular flexibility index (Phi) is 4.38. The largest absolute Gasteiger partial charge is 0.377 e. The van der Waals surface area contributed by atoms with Gasteiger partial charge in [0.05, 0.1) is 17.6 Å². The van der Waals surface area contributed by atoms with Crippen molar-refractivity contribution in [2.45, 2.75) is 39.2 Å². The smallest absolute Gasteiger partial charge is 0.152 e. The molecule has 1 aliphatic heterocycles. The predicted molar refractivity (Wildman–Crippen MR) is 57.1 cm³/mol. The second kappa shape index (κ2) is 5.12. The predicted octanol–water partition coefficient (Wildman–Crippen LogP) is 1.63. The van der Waals surface area contributed by atoms with Gasteiger partial charge in [0.25, 0.3) is 0 Å². The molecule has 1 heterocycles. The van der Waals surface area contributed by atoms with Crippen LogP contribution in [-0.4, -0.2) is 32.6 Å². The van der Waals surface area contributed by atoms with E-state index in [1.165, 1.54) is 0 Å². The maximum Gasteiger partial charge on any atom is 0.152 e. The summed E-state index contributed by atoms with van der Waals surface area (Å²) in [4.78, 5) is 0. The summed E-state index contributed by atoms with van der Waals surface area (Å²) in [5.41, 5.74) is 0. The van der Waals surface area contributed by atoms with Gasteiger partial charge in [-0.25, -0.2) is 8.42 Å². The molecule has 0 aromatic heterocycles. The maximum atomic E-state index is 11.6. The van der Waals surface area contributed by atoms with Crippen LogP contribution in [-0.2, 0) is 14.6 Å². The summed E-state index contributed by atoms with van der Waals surface area (Å²) in [6, 6.07) is 0. The molecule has 1 unspecified atom stereocenters. The van der Waals surface area contributed by atoms with E-state index >= 15 is 0 Å². The average Bonchev–Trinajstić information content (AvgIpc) is 2.53. The molecule has 0 spiro atoms. The lowest BCUT2D eigenvalue weighted by molar-refractivity contribution is 0.127. The van der Waals surface area contributed by atoms with Crippen molar-refractivity contribution < 1.29 is 13.2 Å². The summed E-state index contributed by atoms with van der Waals surface area (Å²) in [6.45, 7) is 4.81. The Labute approximate surface area is 86.8 Å². The summed E-state index contributed by atoms with van der Waals surface area (Å²) < 4.78 is 28.5. The molecule has 0 aromatic carbocycles. The molecule has 1 atom stereocenters. The second-order valence-corrected chi connectivity index (χ2v) is 6.66. The molecule has 3 nitrogen and oxygen atoms in total. The number of hydrogen-bond acceptors (Lipinski definition) is 3. The zero-order valence-electron chi connectivity index (χ0n) is 9.03. The minimum absolute atomic E-state index is 0.0350. The van der Waals surface area contributed by atoms with E-state index in [1.54, 1.807) is 0 Å². The van der Waals surface area contributed by atoms with Gasteiger partial charge in [0.15, 0.2) is 9.84 Å². The highest BCUT2D eigenvalue weighted by molar-refractivity contribution is 7.91. The van der Waals surface area contributed by atoms with E-state index in [1.807, 2.05) is 13.8 Å². The van der Waals surface area contributed by atoms with Crippen molar-refractivity contribution in [3.05, 3.63) is 0 Å². The lowest BCUT2D eigenvalue weighted by Gasteiger charge is -2.10. The molecule has 1 rings (SSSR count). The Morgan fingerprint density at radius 2 is 2.14 bits per heavy atom. The van der Waals surface area contributed by atoms with Crippen molar-refractivity contribution in [1.29, 1.82) is 0 Å². The Morgan fingerprint density at radius 3 is 2.64 bits per heavy atom. The molecular weight excluding hydrogens is 200 g/mol. The second-order valence-electron chi connectivity index (χ2n) is 4.43. The van der Waals surface area contributed by atoms with E-state index in [2.05, 4.69) is 0 Å². The Morgan fingerprint density at radius 1 is 1.43 bits per heavy atom. The molecule has 0 amide bonds. The van der Waals surface area contributed by atoms with Crippen molar-refractivity contribution >= 4 is 9.84 Å². The summed E-state index contributed by atoms with van der Waals surface area (Å²) in [7, 11) is -2.89. The average molecular weight is 220 g/mol. The number of sulfone groups is 1. The SMILES string of the molecule is CC(C)CCS(=O)(=O)CC1CCCO1. The van der Waals surface area contributed by atoms with Crippen molar-refractivity contribution in [3.63, 3.8) is 0 Å². The number of rotatable bonds is 5. The van der Waals surface area contributed by atoms with Crippen molar-refractivity contribution in [2.75, 3.05) is 18.1 Å². The van der Waals surface area contributed by atoms with Crippen LogP contribution < -0.4 is 0 Å². The molecule has 1 saturated heterocycles. The third-order valence-electron chi connectivity index (χ3n) is 2.47. The van der Waals surface area contributed by atoms with Crippen LogP contribution in [0.25, 0.3) is 0 Å². The summed E-state index contributed by atoms with van der Waals surface area (Å²) in [6.07, 6.45) is 2.63. The van der Waals surface area contributed by atoms with E-state index in [4.69, 9.17) is 4.74 Å². The molecule has 4 heteroatoms. The summed E-state index contributed by atoms with van der Waals surface area (Å²) in [5.74, 6) is 0.985. The molecule has 84 valence electrons. The van der Waals surface area contributed by atoms with Crippen molar-refractivity contribution in [1.82, 2.24) is 0 Å². The quantitative estimate of drug-likeness (QED) is 0.707. The molecular formula is C10H20O3S. The number of hydrogen-bond donors (Lipinski definition) is 0. The monoisotopic (exact) mass is 220 g/mol. The van der Waals surface area contributed by atoms with Gasteiger partial charge in [-0.3, -0.25) is 0 Å². The highest BCUT2D eigenvalue weighted by Gasteiger charge is 2.23. The fourth-order valence-corrected chi connectivity index (χ4v) is 3.38. The van der Waals surface area contributed by atoms with Crippen LogP contribution >= 0.6 is 0 Å². The van der Waals surface area contributed by atoms with E-state index in [0.29, 0.717) is 11.7 Å². The van der Waals surface area contributed by atoms with Crippen LogP contribution in [0, 0.1) is 5.92 Å². The lowest BCUT2D eigenvalue weighted by Crippen LogP contribution is -2.23. The van der Waals surface area contributed by atoms with Crippen molar-refractivity contribution in [3.8, 4) is 0 Å². The van der Waals surface area contributed by atoms with Gasteiger partial charge in [0.1, 0.15) is 0 Å². The molecule has 0 aromatic rings. The van der Waals surface area contributed by atoms with E-state index in [-0.39, 0.29) is 11.9 Å². The fourth-order valence-electron chi connectivity index (χ4n) is 1.56. The minimum Gasteiger partial charge on any atom is -0.377 e. The Balaban J connectivity index is 2.33. The van der Waals surface area contributed by atoms with Gasteiger partial charge >= 0.3 is 0 Å². The molecule has 0 N–H and O–H groups in total. The lowest BCUT2D eigenvalue weighted by atomic mass is 10.2. The number of ether oxygens (including phenoxy) is 1. The molecule has 1 aliphatic rings. The maximum absolute atomic E-state index is 11.6. The minimum atomic E-state index is -2.89. The fraction of sp³-hybridized carbons (Fsp3) is 1.00. The molecule has 0 aliphatic carbocycles. The van der Waals surface area contributed by atoms with Gasteiger partial charge in [-0.1, -0.05) is 13.8 Å². The van der Waals surface area contributed by atoms with Crippen LogP contribution in [0.1, 0.15) is 33.1 Å². The first-order valence-electron chi connectivity index (χ1n) is 5.31. The topological polar surface area (TPSA) is 43.4 Å². The zero-order chi connectivity index (χ0) is 10.6. The first-order valence-corrected chi connectivity index (χ1v) is 7.14. The molecule has 0 bridgehead atoms. The van der Waals surface area contributed by atoms with Crippen LogP contribution in [0.2, 0.25) is 0 Å². The molecule has 0 radical (unpaired) electrons. The zero-order valence-corrected chi connectivity index (χ0v) is 9.85. The van der Waals surface area contributed by atoms with Crippen LogP contribution in [0.15, 0.2) is 0 Å². The summed E-state index contributed by atoms with van der Waals surface area (Å²) in [5, 5.41) is 0. The van der Waals surface area contributed by atoms with E-state index in [9.17, 15) is 8.42 Å². The van der Waals surface area contributed by atoms with Crippen LogP contribution in [0.4, 0.5) is 0 Å². The standard InChI is InChI=1S/C10H20O3S/c1-9(2)5-7-14(11,12)8-10-4-3-6-13-10/h9-10H,3-8H2,1-2H3. The van der Waals surface area contributed by atoms with Gasteiger partial charge in [0.2, 0.25) is 0 Å². The van der Waals surface area contributed by atoms with Gasteiger partial charge in [-0.15, -0.1) is 0 Å². The van der Waals surface area contributed by atoms with E-state index < -0.39 is 9.84 Å². The highest BCUT2D eigenvalue weighted by Crippen LogP contribution is 2.15. The molecule has 0 saturated carbocycles. The molecule has 14 heavy (non-hydrogen) atoms.